The SMILES string of the molecule is Cc1cc([N+](=O)[O-])ccc1-c1nncn1C(C)C. The molecule has 2 aromatic rings. The van der Waals surface area contributed by atoms with Gasteiger partial charge in [0.2, 0.25) is 0 Å². The van der Waals surface area contributed by atoms with Gasteiger partial charge in [-0.25, -0.2) is 0 Å². The highest BCUT2D eigenvalue weighted by molar-refractivity contribution is 5.62. The number of hydrogen-bond acceptors (Lipinski definition) is 4. The van der Waals surface area contributed by atoms with Crippen LogP contribution in [-0.4, -0.2) is 19.7 Å². The van der Waals surface area contributed by atoms with Crippen molar-refractivity contribution in [3.63, 3.8) is 0 Å². The molecule has 0 saturated carbocycles. The molecular formula is C12H14N4O2. The first-order valence-corrected chi connectivity index (χ1v) is 5.65. The summed E-state index contributed by atoms with van der Waals surface area (Å²) in [6.07, 6.45) is 1.67. The quantitative estimate of drug-likeness (QED) is 0.616. The number of non-ortho nitro benzene ring substituents is 1. The fraction of sp³-hybridized carbons (Fsp3) is 0.333. The van der Waals surface area contributed by atoms with Gasteiger partial charge in [-0.1, -0.05) is 0 Å². The molecule has 6 heteroatoms. The van der Waals surface area contributed by atoms with E-state index in [1.165, 1.54) is 6.07 Å². The number of hydrogen-bond donors (Lipinski definition) is 0. The average molecular weight is 246 g/mol. The van der Waals surface area contributed by atoms with Crippen molar-refractivity contribution < 1.29 is 4.92 Å². The second-order valence-electron chi connectivity index (χ2n) is 4.41. The van der Waals surface area contributed by atoms with Crippen molar-refractivity contribution in [2.75, 3.05) is 0 Å². The molecule has 18 heavy (non-hydrogen) atoms. The summed E-state index contributed by atoms with van der Waals surface area (Å²) in [5, 5.41) is 18.7. The lowest BCUT2D eigenvalue weighted by Gasteiger charge is -2.11. The second kappa shape index (κ2) is 4.56. The Morgan fingerprint density at radius 1 is 1.39 bits per heavy atom. The van der Waals surface area contributed by atoms with E-state index in [-0.39, 0.29) is 11.7 Å². The Balaban J connectivity index is 2.51. The van der Waals surface area contributed by atoms with Gasteiger partial charge in [-0.3, -0.25) is 10.1 Å². The highest BCUT2D eigenvalue weighted by atomic mass is 16.6. The van der Waals surface area contributed by atoms with Crippen molar-refractivity contribution >= 4 is 5.69 Å². The van der Waals surface area contributed by atoms with Crippen LogP contribution < -0.4 is 0 Å². The van der Waals surface area contributed by atoms with Crippen molar-refractivity contribution in [1.82, 2.24) is 14.8 Å². The van der Waals surface area contributed by atoms with Crippen LogP contribution in [0.2, 0.25) is 0 Å². The highest BCUT2D eigenvalue weighted by Gasteiger charge is 2.14. The molecule has 0 spiro atoms. The third kappa shape index (κ3) is 2.09. The Labute approximate surface area is 104 Å². The zero-order valence-corrected chi connectivity index (χ0v) is 10.5. The van der Waals surface area contributed by atoms with E-state index in [4.69, 9.17) is 0 Å². The molecule has 0 aliphatic rings. The van der Waals surface area contributed by atoms with Crippen molar-refractivity contribution in [2.24, 2.45) is 0 Å². The van der Waals surface area contributed by atoms with Gasteiger partial charge in [0.25, 0.3) is 5.69 Å². The van der Waals surface area contributed by atoms with E-state index >= 15 is 0 Å². The summed E-state index contributed by atoms with van der Waals surface area (Å²) < 4.78 is 1.94. The fourth-order valence-electron chi connectivity index (χ4n) is 1.83. The van der Waals surface area contributed by atoms with E-state index in [9.17, 15) is 10.1 Å². The van der Waals surface area contributed by atoms with Crippen molar-refractivity contribution in [3.8, 4) is 11.4 Å². The molecule has 2 rings (SSSR count). The van der Waals surface area contributed by atoms with E-state index in [1.54, 1.807) is 18.5 Å². The maximum Gasteiger partial charge on any atom is 0.269 e. The lowest BCUT2D eigenvalue weighted by atomic mass is 10.1. The first-order chi connectivity index (χ1) is 8.50. The molecule has 0 N–H and O–H groups in total. The summed E-state index contributed by atoms with van der Waals surface area (Å²) in [5.74, 6) is 0.734. The van der Waals surface area contributed by atoms with Gasteiger partial charge >= 0.3 is 0 Å². The number of aromatic nitrogens is 3. The minimum atomic E-state index is -0.399. The Morgan fingerprint density at radius 3 is 2.67 bits per heavy atom. The van der Waals surface area contributed by atoms with Gasteiger partial charge in [-0.2, -0.15) is 0 Å². The van der Waals surface area contributed by atoms with Gasteiger partial charge in [0.05, 0.1) is 4.92 Å². The first-order valence-electron chi connectivity index (χ1n) is 5.65. The topological polar surface area (TPSA) is 73.8 Å². The van der Waals surface area contributed by atoms with Crippen LogP contribution in [0.5, 0.6) is 0 Å². The first kappa shape index (κ1) is 12.2. The maximum absolute atomic E-state index is 10.7. The predicted octanol–water partition coefficient (Wildman–Crippen LogP) is 2.74. The highest BCUT2D eigenvalue weighted by Crippen LogP contribution is 2.26. The van der Waals surface area contributed by atoms with Gasteiger partial charge in [0.1, 0.15) is 6.33 Å². The molecule has 1 aromatic heterocycles. The van der Waals surface area contributed by atoms with E-state index in [1.807, 2.05) is 25.3 Å². The van der Waals surface area contributed by atoms with Crippen LogP contribution in [0.3, 0.4) is 0 Å². The summed E-state index contributed by atoms with van der Waals surface area (Å²) in [6.45, 7) is 5.91. The van der Waals surface area contributed by atoms with E-state index in [0.29, 0.717) is 0 Å². The normalized spacial score (nSPS) is 10.9. The minimum Gasteiger partial charge on any atom is -0.311 e. The van der Waals surface area contributed by atoms with Crippen LogP contribution in [0.15, 0.2) is 24.5 Å². The Kier molecular flexibility index (Phi) is 3.10. The maximum atomic E-state index is 10.7. The molecule has 0 amide bonds. The monoisotopic (exact) mass is 246 g/mol. The van der Waals surface area contributed by atoms with Gasteiger partial charge in [0, 0.05) is 23.7 Å². The number of nitro benzene ring substituents is 1. The zero-order chi connectivity index (χ0) is 13.3. The molecule has 0 aliphatic heterocycles. The van der Waals surface area contributed by atoms with E-state index in [2.05, 4.69) is 10.2 Å². The zero-order valence-electron chi connectivity index (χ0n) is 10.5. The van der Waals surface area contributed by atoms with Gasteiger partial charge in [0.15, 0.2) is 5.82 Å². The molecule has 6 nitrogen and oxygen atoms in total. The molecule has 1 aromatic carbocycles. The van der Waals surface area contributed by atoms with Gasteiger partial charge in [-0.15, -0.1) is 10.2 Å². The summed E-state index contributed by atoms with van der Waals surface area (Å²) >= 11 is 0. The third-order valence-electron chi connectivity index (χ3n) is 2.79. The molecule has 0 aliphatic carbocycles. The molecule has 0 unspecified atom stereocenters. The van der Waals surface area contributed by atoms with E-state index in [0.717, 1.165) is 17.0 Å². The number of rotatable bonds is 3. The van der Waals surface area contributed by atoms with Crippen LogP contribution in [0.1, 0.15) is 25.5 Å². The molecule has 0 radical (unpaired) electrons. The number of benzene rings is 1. The third-order valence-corrected chi connectivity index (χ3v) is 2.79. The summed E-state index contributed by atoms with van der Waals surface area (Å²) in [4.78, 5) is 10.3. The molecular weight excluding hydrogens is 232 g/mol. The Bertz CT molecular complexity index is 590. The number of aryl methyl sites for hydroxylation is 1. The van der Waals surface area contributed by atoms with Crippen LogP contribution in [0.4, 0.5) is 5.69 Å². The van der Waals surface area contributed by atoms with Crippen LogP contribution in [0.25, 0.3) is 11.4 Å². The van der Waals surface area contributed by atoms with Crippen LogP contribution in [0, 0.1) is 17.0 Å². The number of nitrogens with zero attached hydrogens (tertiary/aromatic N) is 4. The summed E-state index contributed by atoms with van der Waals surface area (Å²) in [6, 6.07) is 5.00. The van der Waals surface area contributed by atoms with Crippen LogP contribution >= 0.6 is 0 Å². The fourth-order valence-corrected chi connectivity index (χ4v) is 1.83. The average Bonchev–Trinajstić information content (AvgIpc) is 2.77. The standard InChI is InChI=1S/C12H14N4O2/c1-8(2)15-7-13-14-12(15)11-5-4-10(16(17)18)6-9(11)3/h4-8H,1-3H3. The molecule has 1 heterocycles. The Morgan fingerprint density at radius 2 is 2.11 bits per heavy atom. The Hall–Kier alpha value is -2.24. The summed E-state index contributed by atoms with van der Waals surface area (Å²) in [5.41, 5.74) is 1.78. The van der Waals surface area contributed by atoms with Crippen molar-refractivity contribution in [2.45, 2.75) is 26.8 Å². The summed E-state index contributed by atoms with van der Waals surface area (Å²) in [7, 11) is 0. The molecule has 94 valence electrons. The molecule has 0 bridgehead atoms. The molecule has 0 fully saturated rings. The van der Waals surface area contributed by atoms with Gasteiger partial charge in [-0.05, 0) is 32.4 Å². The lowest BCUT2D eigenvalue weighted by Crippen LogP contribution is -2.02. The number of nitro groups is 1. The molecule has 0 saturated heterocycles. The lowest BCUT2D eigenvalue weighted by molar-refractivity contribution is -0.384. The van der Waals surface area contributed by atoms with Crippen molar-refractivity contribution in [1.29, 1.82) is 0 Å². The second-order valence-corrected chi connectivity index (χ2v) is 4.41. The van der Waals surface area contributed by atoms with Crippen LogP contribution in [-0.2, 0) is 0 Å². The van der Waals surface area contributed by atoms with Crippen molar-refractivity contribution in [3.05, 3.63) is 40.2 Å². The minimum absolute atomic E-state index is 0.0897. The molecule has 0 atom stereocenters. The van der Waals surface area contributed by atoms with Gasteiger partial charge < -0.3 is 4.57 Å². The van der Waals surface area contributed by atoms with E-state index < -0.39 is 4.92 Å². The largest absolute Gasteiger partial charge is 0.311 e. The smallest absolute Gasteiger partial charge is 0.269 e. The predicted molar refractivity (Wildman–Crippen MR) is 67.2 cm³/mol.